The lowest BCUT2D eigenvalue weighted by Crippen LogP contribution is -2.20. The number of hydrogen-bond acceptors (Lipinski definition) is 3. The molecule has 0 aliphatic rings. The maximum atomic E-state index is 10.6. The lowest BCUT2D eigenvalue weighted by Gasteiger charge is -2.22. The van der Waals surface area contributed by atoms with Gasteiger partial charge in [-0.1, -0.05) is 30.7 Å². The maximum Gasteiger partial charge on any atom is 0.0965 e. The molecule has 2 nitrogen and oxygen atoms in total. The number of aliphatic hydroxyl groups excluding tert-OH is 1. The smallest absolute Gasteiger partial charge is 0.0965 e. The maximum absolute atomic E-state index is 10.6. The van der Waals surface area contributed by atoms with E-state index < -0.39 is 6.10 Å². The van der Waals surface area contributed by atoms with Gasteiger partial charge in [0.2, 0.25) is 0 Å². The highest BCUT2D eigenvalue weighted by atomic mass is 35.5. The number of aliphatic hydroxyl groups is 1. The molecule has 2 aromatic rings. The highest BCUT2D eigenvalue weighted by molar-refractivity contribution is 7.10. The molecule has 19 heavy (non-hydrogen) atoms. The predicted octanol–water partition coefficient (Wildman–Crippen LogP) is 3.74. The lowest BCUT2D eigenvalue weighted by molar-refractivity contribution is 0.150. The molecule has 2 rings (SSSR count). The second-order valence-electron chi connectivity index (χ2n) is 4.51. The Hall–Kier alpha value is -0.870. The summed E-state index contributed by atoms with van der Waals surface area (Å²) in [6.07, 6.45) is 0.348. The molecule has 2 unspecified atom stereocenters. The van der Waals surface area contributed by atoms with Gasteiger partial charge in [0.15, 0.2) is 0 Å². The molecule has 0 fully saturated rings. The van der Waals surface area contributed by atoms with Crippen molar-refractivity contribution in [1.82, 2.24) is 0 Å². The predicted molar refractivity (Wildman–Crippen MR) is 81.9 cm³/mol. The minimum absolute atomic E-state index is 0.123. The number of halogens is 1. The Balaban J connectivity index is 2.32. The van der Waals surface area contributed by atoms with Gasteiger partial charge in [-0.3, -0.25) is 0 Å². The summed E-state index contributed by atoms with van der Waals surface area (Å²) in [5.41, 5.74) is 8.03. The number of benzene rings is 1. The van der Waals surface area contributed by atoms with E-state index in [0.717, 1.165) is 16.9 Å². The van der Waals surface area contributed by atoms with Crippen molar-refractivity contribution < 1.29 is 5.11 Å². The molecule has 0 saturated carbocycles. The fraction of sp³-hybridized carbons (Fsp3) is 0.333. The van der Waals surface area contributed by atoms with Crippen LogP contribution in [-0.2, 0) is 6.42 Å². The van der Waals surface area contributed by atoms with E-state index >= 15 is 0 Å². The number of rotatable bonds is 5. The summed E-state index contributed by atoms with van der Waals surface area (Å²) in [6, 6.07) is 9.62. The first-order valence-electron chi connectivity index (χ1n) is 6.37. The second kappa shape index (κ2) is 6.53. The van der Waals surface area contributed by atoms with Crippen molar-refractivity contribution in [3.8, 4) is 0 Å². The van der Waals surface area contributed by atoms with Gasteiger partial charge in [-0.15, -0.1) is 11.3 Å². The van der Waals surface area contributed by atoms with Crippen molar-refractivity contribution >= 4 is 22.9 Å². The van der Waals surface area contributed by atoms with Crippen molar-refractivity contribution in [1.29, 1.82) is 0 Å². The van der Waals surface area contributed by atoms with Gasteiger partial charge in [0.1, 0.15) is 0 Å². The van der Waals surface area contributed by atoms with Gasteiger partial charge in [0.25, 0.3) is 0 Å². The van der Waals surface area contributed by atoms with Crippen LogP contribution in [-0.4, -0.2) is 11.7 Å². The number of aryl methyl sites for hydroxylation is 1. The zero-order valence-electron chi connectivity index (χ0n) is 10.8. The van der Waals surface area contributed by atoms with Crippen LogP contribution >= 0.6 is 22.9 Å². The molecule has 0 aliphatic heterocycles. The van der Waals surface area contributed by atoms with Gasteiger partial charge in [-0.2, -0.15) is 0 Å². The summed E-state index contributed by atoms with van der Waals surface area (Å²) >= 11 is 7.60. The third kappa shape index (κ3) is 3.18. The normalized spacial score (nSPS) is 14.3. The number of hydrogen-bond donors (Lipinski definition) is 2. The first-order chi connectivity index (χ1) is 9.17. The number of nitrogens with two attached hydrogens (primary N) is 1. The zero-order chi connectivity index (χ0) is 13.8. The summed E-state index contributed by atoms with van der Waals surface area (Å²) < 4.78 is 0. The Labute approximate surface area is 122 Å². The van der Waals surface area contributed by atoms with E-state index in [9.17, 15) is 5.11 Å². The molecule has 0 aliphatic carbocycles. The van der Waals surface area contributed by atoms with Crippen molar-refractivity contribution in [2.45, 2.75) is 25.4 Å². The van der Waals surface area contributed by atoms with Crippen molar-refractivity contribution in [3.05, 3.63) is 56.7 Å². The largest absolute Gasteiger partial charge is 0.387 e. The summed E-state index contributed by atoms with van der Waals surface area (Å²) in [4.78, 5) is 1.01. The van der Waals surface area contributed by atoms with Gasteiger partial charge in [0, 0.05) is 22.4 Å². The average molecular weight is 296 g/mol. The Bertz CT molecular complexity index is 540. The van der Waals surface area contributed by atoms with E-state index in [1.807, 2.05) is 29.6 Å². The zero-order valence-corrected chi connectivity index (χ0v) is 12.4. The van der Waals surface area contributed by atoms with E-state index in [0.29, 0.717) is 11.6 Å². The molecule has 0 spiro atoms. The van der Waals surface area contributed by atoms with Crippen molar-refractivity contribution in [3.63, 3.8) is 0 Å². The Morgan fingerprint density at radius 1 is 1.37 bits per heavy atom. The number of thiophene rings is 1. The molecule has 0 bridgehead atoms. The van der Waals surface area contributed by atoms with Crippen molar-refractivity contribution in [2.75, 3.05) is 6.54 Å². The van der Waals surface area contributed by atoms with Gasteiger partial charge < -0.3 is 10.8 Å². The average Bonchev–Trinajstić information content (AvgIpc) is 2.87. The van der Waals surface area contributed by atoms with Crippen LogP contribution in [0.25, 0.3) is 0 Å². The van der Waals surface area contributed by atoms with Crippen LogP contribution in [0, 0.1) is 0 Å². The molecule has 4 heteroatoms. The summed E-state index contributed by atoms with van der Waals surface area (Å²) in [7, 11) is 0. The Morgan fingerprint density at radius 2 is 2.16 bits per heavy atom. The third-order valence-electron chi connectivity index (χ3n) is 3.34. The molecule has 2 atom stereocenters. The molecule has 0 radical (unpaired) electrons. The SMILES string of the molecule is CCc1ccsc1C(O)C(CN)c1cccc(Cl)c1. The highest BCUT2D eigenvalue weighted by Gasteiger charge is 2.24. The molecular formula is C15H18ClNOS. The molecule has 3 N–H and O–H groups in total. The standard InChI is InChI=1S/C15H18ClNOS/c1-2-10-6-7-19-15(10)14(18)13(9-17)11-4-3-5-12(16)8-11/h3-8,13-14,18H,2,9,17H2,1H3. The van der Waals surface area contributed by atoms with Crippen LogP contribution in [0.2, 0.25) is 5.02 Å². The molecule has 102 valence electrons. The van der Waals surface area contributed by atoms with Gasteiger partial charge in [-0.25, -0.2) is 0 Å². The summed E-state index contributed by atoms with van der Waals surface area (Å²) in [6.45, 7) is 2.48. The minimum Gasteiger partial charge on any atom is -0.387 e. The van der Waals surface area contributed by atoms with E-state index in [-0.39, 0.29) is 5.92 Å². The second-order valence-corrected chi connectivity index (χ2v) is 5.89. The molecule has 0 saturated heterocycles. The van der Waals surface area contributed by atoms with Crippen LogP contribution in [0.3, 0.4) is 0 Å². The highest BCUT2D eigenvalue weighted by Crippen LogP contribution is 2.35. The first-order valence-corrected chi connectivity index (χ1v) is 7.63. The van der Waals surface area contributed by atoms with Crippen molar-refractivity contribution in [2.24, 2.45) is 5.73 Å². The van der Waals surface area contributed by atoms with Crippen LogP contribution in [0.4, 0.5) is 0 Å². The Kier molecular flexibility index (Phi) is 4.99. The summed E-state index contributed by atoms with van der Waals surface area (Å²) in [5.74, 6) is -0.123. The van der Waals surface area contributed by atoms with E-state index in [4.69, 9.17) is 17.3 Å². The lowest BCUT2D eigenvalue weighted by atomic mass is 9.91. The quantitative estimate of drug-likeness (QED) is 0.882. The van der Waals surface area contributed by atoms with Crippen LogP contribution < -0.4 is 5.73 Å². The van der Waals surface area contributed by atoms with E-state index in [2.05, 4.69) is 13.0 Å². The van der Waals surface area contributed by atoms with Crippen LogP contribution in [0.5, 0.6) is 0 Å². The molecule has 1 aromatic heterocycles. The van der Waals surface area contributed by atoms with Crippen LogP contribution in [0.15, 0.2) is 35.7 Å². The molecule has 0 amide bonds. The van der Waals surface area contributed by atoms with E-state index in [1.165, 1.54) is 5.56 Å². The Morgan fingerprint density at radius 3 is 2.79 bits per heavy atom. The third-order valence-corrected chi connectivity index (χ3v) is 4.61. The first kappa shape index (κ1) is 14.5. The molecule has 1 heterocycles. The van der Waals surface area contributed by atoms with Gasteiger partial charge >= 0.3 is 0 Å². The van der Waals surface area contributed by atoms with Gasteiger partial charge in [-0.05, 0) is 41.1 Å². The minimum atomic E-state index is -0.571. The topological polar surface area (TPSA) is 46.2 Å². The molecule has 1 aromatic carbocycles. The van der Waals surface area contributed by atoms with Crippen LogP contribution in [0.1, 0.15) is 34.9 Å². The van der Waals surface area contributed by atoms with Gasteiger partial charge in [0.05, 0.1) is 6.10 Å². The monoisotopic (exact) mass is 295 g/mol. The van der Waals surface area contributed by atoms with E-state index in [1.54, 1.807) is 11.3 Å². The fourth-order valence-electron chi connectivity index (χ4n) is 2.27. The molecular weight excluding hydrogens is 278 g/mol. The fourth-order valence-corrected chi connectivity index (χ4v) is 3.51. The summed E-state index contributed by atoms with van der Waals surface area (Å²) in [5, 5.41) is 13.3.